The third-order valence-electron chi connectivity index (χ3n) is 5.36. The Kier molecular flexibility index (Phi) is 9.45. The zero-order chi connectivity index (χ0) is 23.3. The molecule has 0 bridgehead atoms. The van der Waals surface area contributed by atoms with Gasteiger partial charge >= 0.3 is 11.8 Å². The fraction of sp³-hybridized carbons (Fsp3) is 0.360. The predicted molar refractivity (Wildman–Crippen MR) is 126 cm³/mol. The van der Waals surface area contributed by atoms with Crippen molar-refractivity contribution < 1.29 is 19.1 Å². The van der Waals surface area contributed by atoms with Gasteiger partial charge in [0.2, 0.25) is 0 Å². The minimum atomic E-state index is -0.782. The van der Waals surface area contributed by atoms with Crippen molar-refractivity contribution in [2.24, 2.45) is 5.10 Å². The van der Waals surface area contributed by atoms with E-state index in [0.29, 0.717) is 17.9 Å². The van der Waals surface area contributed by atoms with Crippen LogP contribution in [0, 0.1) is 0 Å². The molecule has 33 heavy (non-hydrogen) atoms. The van der Waals surface area contributed by atoms with Crippen molar-refractivity contribution >= 4 is 23.9 Å². The molecule has 8 nitrogen and oxygen atoms in total. The van der Waals surface area contributed by atoms with E-state index in [9.17, 15) is 14.4 Å². The minimum absolute atomic E-state index is 0.0690. The zero-order valence-corrected chi connectivity index (χ0v) is 18.6. The molecule has 0 atom stereocenters. The van der Waals surface area contributed by atoms with Crippen LogP contribution in [0.5, 0.6) is 5.75 Å². The van der Waals surface area contributed by atoms with E-state index in [1.54, 1.807) is 24.3 Å². The smallest absolute Gasteiger partial charge is 0.329 e. The highest BCUT2D eigenvalue weighted by atomic mass is 16.5. The van der Waals surface area contributed by atoms with Gasteiger partial charge in [0, 0.05) is 12.6 Å². The van der Waals surface area contributed by atoms with Crippen molar-refractivity contribution in [2.75, 3.05) is 13.2 Å². The van der Waals surface area contributed by atoms with Gasteiger partial charge < -0.3 is 15.4 Å². The number of benzene rings is 2. The van der Waals surface area contributed by atoms with Crippen LogP contribution in [0.15, 0.2) is 59.7 Å². The average Bonchev–Trinajstić information content (AvgIpc) is 2.85. The van der Waals surface area contributed by atoms with Gasteiger partial charge in [-0.2, -0.15) is 5.10 Å². The first-order valence-corrected chi connectivity index (χ1v) is 11.3. The number of hydrogen-bond donors (Lipinski definition) is 3. The standard InChI is InChI=1S/C25H30N4O4/c30-23(26-16-15-19-7-3-1-4-8-19)18-33-22-13-11-20(12-14-22)17-27-29-25(32)24(31)28-21-9-5-2-6-10-21/h1,3-4,7-8,11-14,17,21H,2,5-6,9-10,15-16,18H2,(H,26,30)(H,28,31)(H,29,32). The third-order valence-corrected chi connectivity index (χ3v) is 5.36. The second-order valence-corrected chi connectivity index (χ2v) is 7.95. The summed E-state index contributed by atoms with van der Waals surface area (Å²) in [7, 11) is 0. The number of carbonyl (C=O) groups is 3. The Morgan fingerprint density at radius 3 is 2.39 bits per heavy atom. The van der Waals surface area contributed by atoms with E-state index in [4.69, 9.17) is 4.74 Å². The second kappa shape index (κ2) is 13.0. The molecule has 2 aromatic carbocycles. The van der Waals surface area contributed by atoms with E-state index >= 15 is 0 Å². The Hall–Kier alpha value is -3.68. The lowest BCUT2D eigenvalue weighted by Crippen LogP contribution is -2.44. The summed E-state index contributed by atoms with van der Waals surface area (Å²) in [5.74, 6) is -1.09. The van der Waals surface area contributed by atoms with Gasteiger partial charge in [-0.15, -0.1) is 0 Å². The number of nitrogens with one attached hydrogen (secondary N) is 3. The van der Waals surface area contributed by atoms with Gasteiger partial charge in [-0.25, -0.2) is 5.43 Å². The van der Waals surface area contributed by atoms with Crippen molar-refractivity contribution in [2.45, 2.75) is 44.6 Å². The van der Waals surface area contributed by atoms with Crippen LogP contribution in [0.2, 0.25) is 0 Å². The molecule has 174 valence electrons. The van der Waals surface area contributed by atoms with Gasteiger partial charge in [0.05, 0.1) is 6.21 Å². The lowest BCUT2D eigenvalue weighted by molar-refractivity contribution is -0.139. The molecule has 0 spiro atoms. The Labute approximate surface area is 193 Å². The van der Waals surface area contributed by atoms with Gasteiger partial charge in [-0.1, -0.05) is 49.6 Å². The molecule has 0 heterocycles. The highest BCUT2D eigenvalue weighted by Crippen LogP contribution is 2.17. The molecule has 0 radical (unpaired) electrons. The molecule has 0 aliphatic heterocycles. The Bertz CT molecular complexity index is 939. The number of carbonyl (C=O) groups excluding carboxylic acids is 3. The molecular weight excluding hydrogens is 420 g/mol. The van der Waals surface area contributed by atoms with E-state index in [-0.39, 0.29) is 18.6 Å². The summed E-state index contributed by atoms with van der Waals surface area (Å²) < 4.78 is 5.49. The molecule has 1 aliphatic carbocycles. The first-order chi connectivity index (χ1) is 16.1. The summed E-state index contributed by atoms with van der Waals surface area (Å²) in [6, 6.07) is 16.9. The number of nitrogens with zero attached hydrogens (tertiary/aromatic N) is 1. The SMILES string of the molecule is O=C(COc1ccc(C=NNC(=O)C(=O)NC2CCCCC2)cc1)NCCc1ccccc1. The molecule has 0 unspecified atom stereocenters. The average molecular weight is 451 g/mol. The van der Waals surface area contributed by atoms with E-state index in [1.807, 2.05) is 30.3 Å². The maximum absolute atomic E-state index is 11.9. The number of ether oxygens (including phenoxy) is 1. The number of hydrogen-bond acceptors (Lipinski definition) is 5. The maximum Gasteiger partial charge on any atom is 0.329 e. The van der Waals surface area contributed by atoms with Crippen LogP contribution < -0.4 is 20.8 Å². The molecular formula is C25H30N4O4. The van der Waals surface area contributed by atoms with E-state index < -0.39 is 11.8 Å². The Morgan fingerprint density at radius 2 is 1.67 bits per heavy atom. The number of hydrazone groups is 1. The Morgan fingerprint density at radius 1 is 0.939 bits per heavy atom. The summed E-state index contributed by atoms with van der Waals surface area (Å²) in [5, 5.41) is 9.40. The molecule has 2 aromatic rings. The van der Waals surface area contributed by atoms with Crippen molar-refractivity contribution in [3.05, 3.63) is 65.7 Å². The van der Waals surface area contributed by atoms with E-state index in [1.165, 1.54) is 12.6 Å². The van der Waals surface area contributed by atoms with Crippen molar-refractivity contribution in [1.82, 2.24) is 16.1 Å². The fourth-order valence-electron chi connectivity index (χ4n) is 3.56. The number of amides is 3. The summed E-state index contributed by atoms with van der Waals surface area (Å²) in [4.78, 5) is 35.7. The van der Waals surface area contributed by atoms with E-state index in [0.717, 1.165) is 37.7 Å². The lowest BCUT2D eigenvalue weighted by atomic mass is 9.95. The number of rotatable bonds is 9. The van der Waals surface area contributed by atoms with E-state index in [2.05, 4.69) is 21.2 Å². The van der Waals surface area contributed by atoms with Crippen LogP contribution in [-0.4, -0.2) is 43.1 Å². The molecule has 3 amide bonds. The van der Waals surface area contributed by atoms with Gasteiger partial charge in [0.15, 0.2) is 6.61 Å². The molecule has 1 fully saturated rings. The van der Waals surface area contributed by atoms with Gasteiger partial charge in [0.25, 0.3) is 5.91 Å². The molecule has 8 heteroatoms. The monoisotopic (exact) mass is 450 g/mol. The first kappa shape index (κ1) is 24.0. The largest absolute Gasteiger partial charge is 0.484 e. The summed E-state index contributed by atoms with van der Waals surface area (Å²) in [6.07, 6.45) is 7.34. The van der Waals surface area contributed by atoms with Crippen LogP contribution in [0.25, 0.3) is 0 Å². The molecule has 0 aromatic heterocycles. The lowest BCUT2D eigenvalue weighted by Gasteiger charge is -2.22. The zero-order valence-electron chi connectivity index (χ0n) is 18.6. The van der Waals surface area contributed by atoms with Crippen molar-refractivity contribution in [3.63, 3.8) is 0 Å². The van der Waals surface area contributed by atoms with Crippen LogP contribution in [0.3, 0.4) is 0 Å². The van der Waals surface area contributed by atoms with Gasteiger partial charge in [0.1, 0.15) is 5.75 Å². The summed E-state index contributed by atoms with van der Waals surface area (Å²) in [6.45, 7) is 0.473. The van der Waals surface area contributed by atoms with Gasteiger partial charge in [-0.05, 0) is 54.7 Å². The van der Waals surface area contributed by atoms with Crippen LogP contribution in [0.1, 0.15) is 43.2 Å². The summed E-state index contributed by atoms with van der Waals surface area (Å²) >= 11 is 0. The second-order valence-electron chi connectivity index (χ2n) is 7.95. The topological polar surface area (TPSA) is 109 Å². The highest BCUT2D eigenvalue weighted by Gasteiger charge is 2.19. The first-order valence-electron chi connectivity index (χ1n) is 11.3. The van der Waals surface area contributed by atoms with Crippen LogP contribution >= 0.6 is 0 Å². The maximum atomic E-state index is 11.9. The minimum Gasteiger partial charge on any atom is -0.484 e. The van der Waals surface area contributed by atoms with Crippen LogP contribution in [-0.2, 0) is 20.8 Å². The van der Waals surface area contributed by atoms with Crippen molar-refractivity contribution in [3.8, 4) is 5.75 Å². The Balaban J connectivity index is 1.33. The van der Waals surface area contributed by atoms with Gasteiger partial charge in [-0.3, -0.25) is 14.4 Å². The highest BCUT2D eigenvalue weighted by molar-refractivity contribution is 6.35. The fourth-order valence-corrected chi connectivity index (χ4v) is 3.56. The molecule has 0 saturated heterocycles. The molecule has 1 saturated carbocycles. The molecule has 3 N–H and O–H groups in total. The summed E-state index contributed by atoms with van der Waals surface area (Å²) in [5.41, 5.74) is 4.12. The van der Waals surface area contributed by atoms with Crippen molar-refractivity contribution in [1.29, 1.82) is 0 Å². The normalized spacial score (nSPS) is 13.9. The molecule has 1 aliphatic rings. The predicted octanol–water partition coefficient (Wildman–Crippen LogP) is 2.32. The quantitative estimate of drug-likeness (QED) is 0.309. The molecule has 3 rings (SSSR count). The third kappa shape index (κ3) is 8.76. The van der Waals surface area contributed by atoms with Crippen LogP contribution in [0.4, 0.5) is 0 Å².